The van der Waals surface area contributed by atoms with E-state index in [-0.39, 0.29) is 11.6 Å². The van der Waals surface area contributed by atoms with Crippen LogP contribution in [-0.2, 0) is 15.9 Å². The second-order valence-electron chi connectivity index (χ2n) is 10.9. The molecule has 174 valence electrons. The van der Waals surface area contributed by atoms with Gasteiger partial charge in [0.2, 0.25) is 0 Å². The zero-order valence-electron chi connectivity index (χ0n) is 20.3. The lowest BCUT2D eigenvalue weighted by Crippen LogP contribution is -2.41. The number of nitrogens with zero attached hydrogens (tertiary/aromatic N) is 2. The molecule has 0 radical (unpaired) electrons. The van der Waals surface area contributed by atoms with Crippen molar-refractivity contribution < 1.29 is 18.7 Å². The van der Waals surface area contributed by atoms with Gasteiger partial charge in [-0.1, -0.05) is 40.4 Å². The Hall–Kier alpha value is -1.33. The summed E-state index contributed by atoms with van der Waals surface area (Å²) < 4.78 is 28.0. The highest BCUT2D eigenvalue weighted by molar-refractivity contribution is 6.76. The van der Waals surface area contributed by atoms with E-state index >= 15 is 0 Å². The average molecular weight is 467 g/mol. The van der Waals surface area contributed by atoms with Crippen LogP contribution in [0, 0.1) is 5.82 Å². The molecule has 2 rings (SSSR count). The Balaban J connectivity index is 2.20. The zero-order valence-corrected chi connectivity index (χ0v) is 22.3. The van der Waals surface area contributed by atoms with Crippen LogP contribution in [-0.4, -0.2) is 44.3 Å². The molecule has 0 fully saturated rings. The molecule has 2 aromatic rings. The Morgan fingerprint density at radius 2 is 1.84 bits per heavy atom. The van der Waals surface area contributed by atoms with Crippen molar-refractivity contribution in [1.82, 2.24) is 9.55 Å². The number of ether oxygens (including phenoxy) is 1. The molecule has 1 aromatic carbocycles. The van der Waals surface area contributed by atoms with E-state index in [2.05, 4.69) is 58.5 Å². The summed E-state index contributed by atoms with van der Waals surface area (Å²) in [6, 6.07) is 5.52. The van der Waals surface area contributed by atoms with Crippen LogP contribution in [0.2, 0.25) is 43.8 Å². The van der Waals surface area contributed by atoms with Crippen molar-refractivity contribution in [3.05, 3.63) is 42.0 Å². The Labute approximate surface area is 188 Å². The van der Waals surface area contributed by atoms with Gasteiger partial charge in [0.25, 0.3) is 0 Å². The van der Waals surface area contributed by atoms with Gasteiger partial charge in [0.15, 0.2) is 8.32 Å². The minimum atomic E-state index is -2.04. The molecule has 0 bridgehead atoms. The Kier molecular flexibility index (Phi) is 8.43. The largest absolute Gasteiger partial charge is 0.414 e. The predicted molar refractivity (Wildman–Crippen MR) is 130 cm³/mol. The summed E-state index contributed by atoms with van der Waals surface area (Å²) in [4.78, 5) is 4.46. The molecule has 0 aliphatic carbocycles. The van der Waals surface area contributed by atoms with Gasteiger partial charge in [-0.25, -0.2) is 9.37 Å². The first kappa shape index (κ1) is 25.9. The predicted octanol–water partition coefficient (Wildman–Crippen LogP) is 6.06. The highest BCUT2D eigenvalue weighted by Crippen LogP contribution is 2.37. The molecule has 1 heterocycles. The van der Waals surface area contributed by atoms with E-state index in [1.807, 2.05) is 10.8 Å². The van der Waals surface area contributed by atoms with Crippen LogP contribution in [0.1, 0.15) is 32.4 Å². The van der Waals surface area contributed by atoms with Crippen molar-refractivity contribution in [3.8, 4) is 11.4 Å². The molecule has 0 aliphatic heterocycles. The third kappa shape index (κ3) is 7.35. The van der Waals surface area contributed by atoms with E-state index in [4.69, 9.17) is 9.16 Å². The standard InChI is InChI=1S/C23H39FN2O3Si2/c1-23(2,3)31(7,8)29-16-21(27)20-15-18(24)9-10-19(20)22-25-11-12-26(22)17-28-13-14-30(4,5)6/h9-12,15,21,27H,13-14,16-17H2,1-8H3. The fourth-order valence-electron chi connectivity index (χ4n) is 2.81. The molecule has 1 aromatic heterocycles. The molecule has 0 amide bonds. The summed E-state index contributed by atoms with van der Waals surface area (Å²) in [5, 5.41) is 10.9. The lowest BCUT2D eigenvalue weighted by Gasteiger charge is -2.36. The lowest BCUT2D eigenvalue weighted by atomic mass is 10.0. The fourth-order valence-corrected chi connectivity index (χ4v) is 4.57. The van der Waals surface area contributed by atoms with Crippen molar-refractivity contribution in [2.75, 3.05) is 13.2 Å². The number of benzene rings is 1. The molecule has 31 heavy (non-hydrogen) atoms. The van der Waals surface area contributed by atoms with Crippen LogP contribution in [0.3, 0.4) is 0 Å². The van der Waals surface area contributed by atoms with Crippen molar-refractivity contribution in [1.29, 1.82) is 0 Å². The maximum Gasteiger partial charge on any atom is 0.192 e. The maximum absolute atomic E-state index is 14.1. The van der Waals surface area contributed by atoms with Crippen LogP contribution in [0.4, 0.5) is 4.39 Å². The fraction of sp³-hybridized carbons (Fsp3) is 0.609. The summed E-state index contributed by atoms with van der Waals surface area (Å²) >= 11 is 0. The number of hydrogen-bond donors (Lipinski definition) is 1. The summed E-state index contributed by atoms with van der Waals surface area (Å²) in [5.41, 5.74) is 1.17. The van der Waals surface area contributed by atoms with E-state index in [0.717, 1.165) is 6.04 Å². The van der Waals surface area contributed by atoms with Crippen molar-refractivity contribution in [2.24, 2.45) is 0 Å². The van der Waals surface area contributed by atoms with E-state index < -0.39 is 28.3 Å². The summed E-state index contributed by atoms with van der Waals surface area (Å²) in [5.74, 6) is 0.254. The monoisotopic (exact) mass is 466 g/mol. The van der Waals surface area contributed by atoms with Gasteiger partial charge >= 0.3 is 0 Å². The first-order valence-corrected chi connectivity index (χ1v) is 17.5. The van der Waals surface area contributed by atoms with Gasteiger partial charge < -0.3 is 18.8 Å². The molecule has 0 saturated heterocycles. The lowest BCUT2D eigenvalue weighted by molar-refractivity contribution is 0.0879. The van der Waals surface area contributed by atoms with Gasteiger partial charge in [0.1, 0.15) is 24.5 Å². The van der Waals surface area contributed by atoms with Gasteiger partial charge in [0, 0.05) is 32.6 Å². The second kappa shape index (κ2) is 10.1. The quantitative estimate of drug-likeness (QED) is 0.342. The summed E-state index contributed by atoms with van der Waals surface area (Å²) in [6.45, 7) is 18.9. The molecule has 1 N–H and O–H groups in total. The van der Waals surface area contributed by atoms with Crippen LogP contribution >= 0.6 is 0 Å². The number of imidazole rings is 1. The maximum atomic E-state index is 14.1. The Bertz CT molecular complexity index is 857. The summed E-state index contributed by atoms with van der Waals surface area (Å²) in [7, 11) is -3.20. The Morgan fingerprint density at radius 3 is 2.45 bits per heavy atom. The summed E-state index contributed by atoms with van der Waals surface area (Å²) in [6.07, 6.45) is 2.59. The smallest absolute Gasteiger partial charge is 0.192 e. The average Bonchev–Trinajstić information content (AvgIpc) is 3.10. The minimum absolute atomic E-state index is 0.0288. The highest BCUT2D eigenvalue weighted by Gasteiger charge is 2.37. The zero-order chi connectivity index (χ0) is 23.4. The van der Waals surface area contributed by atoms with E-state index in [9.17, 15) is 9.50 Å². The first-order chi connectivity index (χ1) is 14.2. The number of aliphatic hydroxyl groups is 1. The second-order valence-corrected chi connectivity index (χ2v) is 21.3. The van der Waals surface area contributed by atoms with Crippen molar-refractivity contribution in [2.45, 2.75) is 77.4 Å². The molecule has 0 saturated carbocycles. The molecule has 5 nitrogen and oxygen atoms in total. The number of aromatic nitrogens is 2. The van der Waals surface area contributed by atoms with E-state index in [1.54, 1.807) is 12.3 Å². The van der Waals surface area contributed by atoms with Gasteiger partial charge in [-0.05, 0) is 47.9 Å². The third-order valence-electron chi connectivity index (χ3n) is 5.96. The van der Waals surface area contributed by atoms with Gasteiger partial charge in [-0.15, -0.1) is 0 Å². The SMILES string of the molecule is CC(C)(C)[Si](C)(C)OCC(O)c1cc(F)ccc1-c1nccn1COCC[Si](C)(C)C. The van der Waals surface area contributed by atoms with E-state index in [0.29, 0.717) is 30.3 Å². The minimum Gasteiger partial charge on any atom is -0.414 e. The molecular weight excluding hydrogens is 427 g/mol. The Morgan fingerprint density at radius 1 is 1.16 bits per heavy atom. The van der Waals surface area contributed by atoms with Crippen LogP contribution in [0.15, 0.2) is 30.6 Å². The van der Waals surface area contributed by atoms with Crippen LogP contribution in [0.25, 0.3) is 11.4 Å². The van der Waals surface area contributed by atoms with Gasteiger partial charge in [-0.3, -0.25) is 0 Å². The van der Waals surface area contributed by atoms with Gasteiger partial charge in [0.05, 0.1) is 6.61 Å². The topological polar surface area (TPSA) is 56.5 Å². The normalized spacial score (nSPS) is 14.1. The number of aliphatic hydroxyl groups excluding tert-OH is 1. The third-order valence-corrected chi connectivity index (χ3v) is 12.2. The number of halogens is 1. The molecule has 0 aliphatic rings. The molecular formula is C23H39FN2O3Si2. The highest BCUT2D eigenvalue weighted by atomic mass is 28.4. The van der Waals surface area contributed by atoms with Crippen molar-refractivity contribution in [3.63, 3.8) is 0 Å². The first-order valence-electron chi connectivity index (χ1n) is 10.9. The molecule has 0 spiro atoms. The molecule has 1 atom stereocenters. The molecule has 8 heteroatoms. The van der Waals surface area contributed by atoms with Crippen LogP contribution < -0.4 is 0 Å². The number of hydrogen-bond acceptors (Lipinski definition) is 4. The molecule has 1 unspecified atom stereocenters. The van der Waals surface area contributed by atoms with Crippen molar-refractivity contribution >= 4 is 16.4 Å². The van der Waals surface area contributed by atoms with Gasteiger partial charge in [-0.2, -0.15) is 0 Å². The number of rotatable bonds is 10. The van der Waals surface area contributed by atoms with E-state index in [1.165, 1.54) is 12.1 Å². The van der Waals surface area contributed by atoms with Crippen LogP contribution in [0.5, 0.6) is 0 Å².